The number of aliphatic hydroxyl groups is 1. The summed E-state index contributed by atoms with van der Waals surface area (Å²) in [6.07, 6.45) is -1.08. The van der Waals surface area contributed by atoms with Gasteiger partial charge in [0, 0.05) is 22.2 Å². The summed E-state index contributed by atoms with van der Waals surface area (Å²) in [5.41, 5.74) is 0.377. The van der Waals surface area contributed by atoms with Crippen molar-refractivity contribution in [2.24, 2.45) is 5.14 Å². The molecular weight excluding hydrogens is 275 g/mol. The van der Waals surface area contributed by atoms with Crippen molar-refractivity contribution >= 4 is 33.4 Å². The molecule has 0 spiro atoms. The van der Waals surface area contributed by atoms with E-state index in [9.17, 15) is 13.5 Å². The smallest absolute Gasteiger partial charge is 0.274 e. The van der Waals surface area contributed by atoms with Gasteiger partial charge in [0.25, 0.3) is 10.2 Å². The summed E-state index contributed by atoms with van der Waals surface area (Å²) in [4.78, 5) is 0. The monoisotopic (exact) mass is 284 g/mol. The van der Waals surface area contributed by atoms with E-state index in [2.05, 4.69) is 0 Å². The van der Waals surface area contributed by atoms with Gasteiger partial charge in [-0.1, -0.05) is 29.3 Å². The molecule has 0 heterocycles. The van der Waals surface area contributed by atoms with Crippen LogP contribution < -0.4 is 9.86 Å². The zero-order valence-corrected chi connectivity index (χ0v) is 10.4. The van der Waals surface area contributed by atoms with Crippen LogP contribution in [0.5, 0.6) is 0 Å². The Morgan fingerprint density at radius 2 is 2.06 bits per heavy atom. The highest BCUT2D eigenvalue weighted by molar-refractivity contribution is 7.87. The summed E-state index contributed by atoms with van der Waals surface area (Å²) >= 11 is 11.5. The predicted octanol–water partition coefficient (Wildman–Crippen LogP) is 0.820. The van der Waals surface area contributed by atoms with E-state index in [1.807, 2.05) is 4.72 Å². The predicted molar refractivity (Wildman–Crippen MR) is 62.5 cm³/mol. The fourth-order valence-electron chi connectivity index (χ4n) is 1.08. The maximum Gasteiger partial charge on any atom is 0.274 e. The third kappa shape index (κ3) is 4.25. The molecule has 0 amide bonds. The maximum absolute atomic E-state index is 10.6. The van der Waals surface area contributed by atoms with Crippen LogP contribution in [0.2, 0.25) is 10.0 Å². The first-order valence-corrected chi connectivity index (χ1v) is 6.50. The molecule has 1 unspecified atom stereocenters. The van der Waals surface area contributed by atoms with Gasteiger partial charge in [-0.25, -0.2) is 5.14 Å². The minimum atomic E-state index is -3.83. The van der Waals surface area contributed by atoms with E-state index in [1.165, 1.54) is 12.1 Å². The van der Waals surface area contributed by atoms with Crippen LogP contribution in [0.3, 0.4) is 0 Å². The SMILES string of the molecule is NS(=O)(=O)NCC(O)c1ccc(Cl)cc1Cl. The molecule has 8 heteroatoms. The van der Waals surface area contributed by atoms with Crippen molar-refractivity contribution in [1.82, 2.24) is 4.72 Å². The molecule has 1 rings (SSSR count). The molecule has 1 aromatic carbocycles. The molecular formula is C8H10Cl2N2O3S. The Kier molecular flexibility index (Phi) is 4.54. The van der Waals surface area contributed by atoms with Gasteiger partial charge in [0.05, 0.1) is 6.10 Å². The topological polar surface area (TPSA) is 92.4 Å². The van der Waals surface area contributed by atoms with E-state index >= 15 is 0 Å². The Bertz CT molecular complexity index is 478. The fourth-order valence-corrected chi connectivity index (χ4v) is 2.00. The summed E-state index contributed by atoms with van der Waals surface area (Å²) in [6, 6.07) is 4.52. The van der Waals surface area contributed by atoms with Crippen LogP contribution in [0.1, 0.15) is 11.7 Å². The number of aliphatic hydroxyl groups excluding tert-OH is 1. The molecule has 1 atom stereocenters. The van der Waals surface area contributed by atoms with Gasteiger partial charge < -0.3 is 5.11 Å². The molecule has 0 fully saturated rings. The zero-order valence-electron chi connectivity index (χ0n) is 8.02. The largest absolute Gasteiger partial charge is 0.387 e. The Morgan fingerprint density at radius 1 is 1.44 bits per heavy atom. The van der Waals surface area contributed by atoms with Gasteiger partial charge in [-0.2, -0.15) is 13.1 Å². The van der Waals surface area contributed by atoms with E-state index in [0.29, 0.717) is 10.6 Å². The lowest BCUT2D eigenvalue weighted by molar-refractivity contribution is 0.182. The Labute approximate surface area is 103 Å². The van der Waals surface area contributed by atoms with E-state index in [1.54, 1.807) is 6.07 Å². The van der Waals surface area contributed by atoms with Crippen LogP contribution in [0, 0.1) is 0 Å². The first-order chi connectivity index (χ1) is 7.29. The Hall–Kier alpha value is -0.370. The molecule has 0 saturated heterocycles. The van der Waals surface area contributed by atoms with Crippen molar-refractivity contribution in [3.63, 3.8) is 0 Å². The van der Waals surface area contributed by atoms with Crippen LogP contribution in [0.15, 0.2) is 18.2 Å². The number of halogens is 2. The van der Waals surface area contributed by atoms with Gasteiger partial charge in [-0.15, -0.1) is 0 Å². The second-order valence-corrected chi connectivity index (χ2v) is 5.30. The molecule has 1 aromatic rings. The van der Waals surface area contributed by atoms with Crippen LogP contribution >= 0.6 is 23.2 Å². The fraction of sp³-hybridized carbons (Fsp3) is 0.250. The highest BCUT2D eigenvalue weighted by atomic mass is 35.5. The van der Waals surface area contributed by atoms with E-state index in [4.69, 9.17) is 28.3 Å². The normalized spacial score (nSPS) is 13.8. The lowest BCUT2D eigenvalue weighted by Gasteiger charge is -2.12. The van der Waals surface area contributed by atoms with Crippen LogP contribution in [-0.4, -0.2) is 20.1 Å². The number of rotatable bonds is 4. The molecule has 0 aliphatic heterocycles. The van der Waals surface area contributed by atoms with Gasteiger partial charge in [0.15, 0.2) is 0 Å². The molecule has 90 valence electrons. The molecule has 5 nitrogen and oxygen atoms in total. The summed E-state index contributed by atoms with van der Waals surface area (Å²) in [5.74, 6) is 0. The minimum absolute atomic E-state index is 0.250. The molecule has 0 aliphatic rings. The van der Waals surface area contributed by atoms with Crippen LogP contribution in [0.25, 0.3) is 0 Å². The van der Waals surface area contributed by atoms with E-state index in [0.717, 1.165) is 0 Å². The molecule has 0 aliphatic carbocycles. The molecule has 16 heavy (non-hydrogen) atoms. The highest BCUT2D eigenvalue weighted by Gasteiger charge is 2.13. The lowest BCUT2D eigenvalue weighted by atomic mass is 10.1. The van der Waals surface area contributed by atoms with Crippen LogP contribution in [0.4, 0.5) is 0 Å². The first kappa shape index (κ1) is 13.7. The average molecular weight is 285 g/mol. The highest BCUT2D eigenvalue weighted by Crippen LogP contribution is 2.25. The van der Waals surface area contributed by atoms with E-state index < -0.39 is 16.3 Å². The van der Waals surface area contributed by atoms with Crippen molar-refractivity contribution in [3.05, 3.63) is 33.8 Å². The Morgan fingerprint density at radius 3 is 2.56 bits per heavy atom. The van der Waals surface area contributed by atoms with Gasteiger partial charge in [-0.3, -0.25) is 0 Å². The van der Waals surface area contributed by atoms with Gasteiger partial charge in [-0.05, 0) is 12.1 Å². The third-order valence-corrected chi connectivity index (χ3v) is 2.93. The average Bonchev–Trinajstić information content (AvgIpc) is 2.13. The number of nitrogens with two attached hydrogens (primary N) is 1. The molecule has 4 N–H and O–H groups in total. The quantitative estimate of drug-likeness (QED) is 0.764. The molecule has 0 aromatic heterocycles. The third-order valence-electron chi connectivity index (χ3n) is 1.80. The molecule has 0 bridgehead atoms. The Balaban J connectivity index is 2.77. The lowest BCUT2D eigenvalue weighted by Crippen LogP contribution is -2.34. The van der Waals surface area contributed by atoms with Crippen molar-refractivity contribution in [3.8, 4) is 0 Å². The minimum Gasteiger partial charge on any atom is -0.387 e. The first-order valence-electron chi connectivity index (χ1n) is 4.20. The van der Waals surface area contributed by atoms with Gasteiger partial charge in [0.1, 0.15) is 0 Å². The molecule has 0 saturated carbocycles. The second-order valence-electron chi connectivity index (χ2n) is 3.08. The summed E-state index contributed by atoms with van der Waals surface area (Å²) in [5, 5.41) is 15.1. The summed E-state index contributed by atoms with van der Waals surface area (Å²) in [7, 11) is -3.83. The zero-order chi connectivity index (χ0) is 12.3. The molecule has 0 radical (unpaired) electrons. The second kappa shape index (κ2) is 5.31. The number of hydrogen-bond acceptors (Lipinski definition) is 3. The van der Waals surface area contributed by atoms with E-state index in [-0.39, 0.29) is 11.6 Å². The number of benzene rings is 1. The summed E-state index contributed by atoms with van der Waals surface area (Å²) < 4.78 is 23.2. The maximum atomic E-state index is 10.6. The van der Waals surface area contributed by atoms with Crippen molar-refractivity contribution in [1.29, 1.82) is 0 Å². The van der Waals surface area contributed by atoms with Crippen molar-refractivity contribution in [2.45, 2.75) is 6.10 Å². The van der Waals surface area contributed by atoms with Crippen LogP contribution in [-0.2, 0) is 10.2 Å². The number of hydrogen-bond donors (Lipinski definition) is 3. The van der Waals surface area contributed by atoms with Crippen molar-refractivity contribution in [2.75, 3.05) is 6.54 Å². The standard InChI is InChI=1S/C8H10Cl2N2O3S/c9-5-1-2-6(7(10)3-5)8(13)4-12-16(11,14)15/h1-3,8,12-13H,4H2,(H2,11,14,15). The van der Waals surface area contributed by atoms with Gasteiger partial charge in [0.2, 0.25) is 0 Å². The summed E-state index contributed by atoms with van der Waals surface area (Å²) in [6.45, 7) is -0.250. The number of nitrogens with one attached hydrogen (secondary N) is 1. The van der Waals surface area contributed by atoms with Gasteiger partial charge >= 0.3 is 0 Å². The van der Waals surface area contributed by atoms with Crippen molar-refractivity contribution < 1.29 is 13.5 Å².